The standard InChI is InChI=1S/C17H28ClN/c1-12(2)10-17(11-13(3)4)19-14(5)15-6-8-16(18)9-7-15/h6-9,12-14,17,19H,10-11H2,1-5H3/t14-/m1/s1. The monoisotopic (exact) mass is 281 g/mol. The van der Waals surface area contributed by atoms with Crippen molar-refractivity contribution < 1.29 is 0 Å². The summed E-state index contributed by atoms with van der Waals surface area (Å²) >= 11 is 5.94. The summed E-state index contributed by atoms with van der Waals surface area (Å²) in [5, 5.41) is 4.57. The third-order valence-electron chi connectivity index (χ3n) is 3.37. The van der Waals surface area contributed by atoms with Gasteiger partial charge in [-0.1, -0.05) is 51.4 Å². The lowest BCUT2D eigenvalue weighted by molar-refractivity contribution is 0.335. The molecule has 108 valence electrons. The fraction of sp³-hybridized carbons (Fsp3) is 0.647. The van der Waals surface area contributed by atoms with Crippen molar-refractivity contribution in [1.82, 2.24) is 5.32 Å². The van der Waals surface area contributed by atoms with Crippen LogP contribution >= 0.6 is 11.6 Å². The van der Waals surface area contributed by atoms with Gasteiger partial charge >= 0.3 is 0 Å². The Labute approximate surface area is 123 Å². The van der Waals surface area contributed by atoms with E-state index in [1.807, 2.05) is 12.1 Å². The van der Waals surface area contributed by atoms with E-state index in [1.54, 1.807) is 0 Å². The number of benzene rings is 1. The summed E-state index contributed by atoms with van der Waals surface area (Å²) in [5.41, 5.74) is 1.31. The minimum Gasteiger partial charge on any atom is -0.307 e. The second-order valence-electron chi connectivity index (χ2n) is 6.40. The minimum atomic E-state index is 0.375. The normalized spacial score (nSPS) is 13.5. The van der Waals surface area contributed by atoms with Crippen molar-refractivity contribution in [3.05, 3.63) is 34.9 Å². The molecule has 0 fully saturated rings. The number of nitrogens with one attached hydrogen (secondary N) is 1. The fourth-order valence-electron chi connectivity index (χ4n) is 2.57. The number of rotatable bonds is 7. The Hall–Kier alpha value is -0.530. The molecule has 0 aliphatic heterocycles. The second-order valence-corrected chi connectivity index (χ2v) is 6.83. The molecule has 0 spiro atoms. The van der Waals surface area contributed by atoms with E-state index in [0.29, 0.717) is 12.1 Å². The van der Waals surface area contributed by atoms with Crippen molar-refractivity contribution >= 4 is 11.6 Å². The molecule has 1 N–H and O–H groups in total. The van der Waals surface area contributed by atoms with E-state index >= 15 is 0 Å². The Balaban J connectivity index is 2.63. The summed E-state index contributed by atoms with van der Waals surface area (Å²) < 4.78 is 0. The predicted octanol–water partition coefficient (Wildman–Crippen LogP) is 5.45. The Kier molecular flexibility index (Phi) is 6.88. The molecule has 0 unspecified atom stereocenters. The fourth-order valence-corrected chi connectivity index (χ4v) is 2.70. The molecular formula is C17H28ClN. The van der Waals surface area contributed by atoms with E-state index < -0.39 is 0 Å². The molecular weight excluding hydrogens is 254 g/mol. The van der Waals surface area contributed by atoms with Crippen LogP contribution in [0.4, 0.5) is 0 Å². The average Bonchev–Trinajstić information content (AvgIpc) is 2.27. The van der Waals surface area contributed by atoms with E-state index in [4.69, 9.17) is 11.6 Å². The lowest BCUT2D eigenvalue weighted by Crippen LogP contribution is -2.33. The van der Waals surface area contributed by atoms with E-state index in [-0.39, 0.29) is 0 Å². The van der Waals surface area contributed by atoms with Crippen LogP contribution in [0.25, 0.3) is 0 Å². The number of halogens is 1. The predicted molar refractivity (Wildman–Crippen MR) is 85.7 cm³/mol. The molecule has 2 heteroatoms. The quantitative estimate of drug-likeness (QED) is 0.700. The van der Waals surface area contributed by atoms with E-state index in [0.717, 1.165) is 16.9 Å². The van der Waals surface area contributed by atoms with Crippen molar-refractivity contribution in [3.63, 3.8) is 0 Å². The van der Waals surface area contributed by atoms with Gasteiger partial charge in [0.2, 0.25) is 0 Å². The van der Waals surface area contributed by atoms with Gasteiger partial charge in [-0.15, -0.1) is 0 Å². The van der Waals surface area contributed by atoms with Gasteiger partial charge in [0.25, 0.3) is 0 Å². The van der Waals surface area contributed by atoms with Crippen LogP contribution in [0.5, 0.6) is 0 Å². The Morgan fingerprint density at radius 3 is 1.79 bits per heavy atom. The first-order valence-corrected chi connectivity index (χ1v) is 7.77. The van der Waals surface area contributed by atoms with Gasteiger partial charge in [-0.3, -0.25) is 0 Å². The first-order chi connectivity index (χ1) is 8.88. The molecule has 0 bridgehead atoms. The number of hydrogen-bond donors (Lipinski definition) is 1. The highest BCUT2D eigenvalue weighted by Crippen LogP contribution is 2.20. The average molecular weight is 282 g/mol. The lowest BCUT2D eigenvalue weighted by Gasteiger charge is -2.26. The van der Waals surface area contributed by atoms with E-state index in [1.165, 1.54) is 18.4 Å². The van der Waals surface area contributed by atoms with Gasteiger partial charge in [-0.25, -0.2) is 0 Å². The molecule has 19 heavy (non-hydrogen) atoms. The molecule has 0 aromatic heterocycles. The van der Waals surface area contributed by atoms with Crippen LogP contribution in [0.2, 0.25) is 5.02 Å². The molecule has 1 nitrogen and oxygen atoms in total. The molecule has 1 aromatic carbocycles. The van der Waals surface area contributed by atoms with Crippen LogP contribution < -0.4 is 5.32 Å². The molecule has 0 saturated heterocycles. The maximum atomic E-state index is 5.94. The Morgan fingerprint density at radius 1 is 0.895 bits per heavy atom. The summed E-state index contributed by atoms with van der Waals surface area (Å²) in [7, 11) is 0. The zero-order valence-electron chi connectivity index (χ0n) is 12.9. The van der Waals surface area contributed by atoms with E-state index in [9.17, 15) is 0 Å². The van der Waals surface area contributed by atoms with E-state index in [2.05, 4.69) is 52.1 Å². The summed E-state index contributed by atoms with van der Waals surface area (Å²) in [5.74, 6) is 1.46. The van der Waals surface area contributed by atoms with Gasteiger partial charge in [0.1, 0.15) is 0 Å². The summed E-state index contributed by atoms with van der Waals surface area (Å²) in [6, 6.07) is 9.12. The summed E-state index contributed by atoms with van der Waals surface area (Å²) in [6.07, 6.45) is 2.46. The van der Waals surface area contributed by atoms with Gasteiger partial charge in [0, 0.05) is 17.1 Å². The van der Waals surface area contributed by atoms with Crippen LogP contribution in [0, 0.1) is 11.8 Å². The smallest absolute Gasteiger partial charge is 0.0406 e. The lowest BCUT2D eigenvalue weighted by atomic mass is 9.94. The maximum Gasteiger partial charge on any atom is 0.0406 e. The van der Waals surface area contributed by atoms with Crippen LogP contribution in [0.15, 0.2) is 24.3 Å². The first kappa shape index (κ1) is 16.5. The SMILES string of the molecule is CC(C)CC(CC(C)C)N[C@H](C)c1ccc(Cl)cc1. The highest BCUT2D eigenvalue weighted by molar-refractivity contribution is 6.30. The van der Waals surface area contributed by atoms with Crippen molar-refractivity contribution in [2.24, 2.45) is 11.8 Å². The topological polar surface area (TPSA) is 12.0 Å². The Bertz CT molecular complexity index is 346. The zero-order chi connectivity index (χ0) is 14.4. The zero-order valence-corrected chi connectivity index (χ0v) is 13.7. The van der Waals surface area contributed by atoms with Gasteiger partial charge in [-0.2, -0.15) is 0 Å². The summed E-state index contributed by atoms with van der Waals surface area (Å²) in [4.78, 5) is 0. The molecule has 0 aliphatic carbocycles. The number of hydrogen-bond acceptors (Lipinski definition) is 1. The highest BCUT2D eigenvalue weighted by atomic mass is 35.5. The third kappa shape index (κ3) is 6.44. The first-order valence-electron chi connectivity index (χ1n) is 7.40. The minimum absolute atomic E-state index is 0.375. The van der Waals surface area contributed by atoms with Crippen LogP contribution in [-0.4, -0.2) is 6.04 Å². The third-order valence-corrected chi connectivity index (χ3v) is 3.62. The van der Waals surface area contributed by atoms with Crippen LogP contribution in [-0.2, 0) is 0 Å². The molecule has 1 atom stereocenters. The van der Waals surface area contributed by atoms with Crippen molar-refractivity contribution in [3.8, 4) is 0 Å². The van der Waals surface area contributed by atoms with Gasteiger partial charge in [0.15, 0.2) is 0 Å². The molecule has 0 saturated carbocycles. The largest absolute Gasteiger partial charge is 0.307 e. The van der Waals surface area contributed by atoms with Gasteiger partial charge < -0.3 is 5.32 Å². The highest BCUT2D eigenvalue weighted by Gasteiger charge is 2.16. The molecule has 1 rings (SSSR count). The Morgan fingerprint density at radius 2 is 1.37 bits per heavy atom. The molecule has 0 heterocycles. The molecule has 0 radical (unpaired) electrons. The van der Waals surface area contributed by atoms with Crippen LogP contribution in [0.1, 0.15) is 59.1 Å². The molecule has 0 aliphatic rings. The van der Waals surface area contributed by atoms with Crippen molar-refractivity contribution in [2.45, 2.75) is 59.5 Å². The van der Waals surface area contributed by atoms with Gasteiger partial charge in [-0.05, 0) is 49.3 Å². The molecule has 1 aromatic rings. The molecule has 0 amide bonds. The van der Waals surface area contributed by atoms with Crippen molar-refractivity contribution in [1.29, 1.82) is 0 Å². The maximum absolute atomic E-state index is 5.94. The summed E-state index contributed by atoms with van der Waals surface area (Å²) in [6.45, 7) is 11.4. The van der Waals surface area contributed by atoms with Crippen molar-refractivity contribution in [2.75, 3.05) is 0 Å². The van der Waals surface area contributed by atoms with Crippen LogP contribution in [0.3, 0.4) is 0 Å². The second kappa shape index (κ2) is 7.91. The van der Waals surface area contributed by atoms with Gasteiger partial charge in [0.05, 0.1) is 0 Å².